The fourth-order valence-electron chi connectivity index (χ4n) is 3.66. The first-order valence-electron chi connectivity index (χ1n) is 10.1. The number of hydrogen-bond acceptors (Lipinski definition) is 4. The number of benzene rings is 1. The number of hydrogen-bond donors (Lipinski definition) is 0. The second-order valence-corrected chi connectivity index (χ2v) is 8.86. The van der Waals surface area contributed by atoms with Crippen molar-refractivity contribution in [1.82, 2.24) is 4.90 Å². The Morgan fingerprint density at radius 1 is 1.12 bits per heavy atom. The largest absolute Gasteiger partial charge is 0.379 e. The summed E-state index contributed by atoms with van der Waals surface area (Å²) < 4.78 is 5.42. The van der Waals surface area contributed by atoms with E-state index in [2.05, 4.69) is 30.9 Å². The number of ketones is 1. The van der Waals surface area contributed by atoms with Gasteiger partial charge in [0.15, 0.2) is 5.78 Å². The summed E-state index contributed by atoms with van der Waals surface area (Å²) in [7, 11) is 0. The average molecular weight is 378 g/mol. The third-order valence-electron chi connectivity index (χ3n) is 5.35. The summed E-state index contributed by atoms with van der Waals surface area (Å²) >= 11 is 1.93. The fraction of sp³-hybridized carbons (Fsp3) is 0.682. The Morgan fingerprint density at radius 2 is 1.69 bits per heavy atom. The van der Waals surface area contributed by atoms with E-state index >= 15 is 0 Å². The van der Waals surface area contributed by atoms with Gasteiger partial charge in [-0.05, 0) is 44.7 Å². The summed E-state index contributed by atoms with van der Waals surface area (Å²) in [6.45, 7) is 11.7. The molecule has 0 radical (unpaired) electrons. The van der Waals surface area contributed by atoms with Gasteiger partial charge in [-0.25, -0.2) is 0 Å². The van der Waals surface area contributed by atoms with Gasteiger partial charge in [-0.1, -0.05) is 38.8 Å². The Hall–Kier alpha value is -0.840. The van der Waals surface area contributed by atoms with Gasteiger partial charge >= 0.3 is 0 Å². The minimum atomic E-state index is -0.480. The van der Waals surface area contributed by atoms with Gasteiger partial charge in [0.1, 0.15) is 0 Å². The van der Waals surface area contributed by atoms with E-state index in [1.807, 2.05) is 37.7 Å². The van der Waals surface area contributed by atoms with E-state index in [0.29, 0.717) is 13.2 Å². The van der Waals surface area contributed by atoms with Gasteiger partial charge in [-0.15, -0.1) is 11.8 Å². The summed E-state index contributed by atoms with van der Waals surface area (Å²) in [5.41, 5.74) is 0.329. The Kier molecular flexibility index (Phi) is 8.65. The van der Waals surface area contributed by atoms with Crippen molar-refractivity contribution in [2.45, 2.75) is 63.8 Å². The molecule has 0 spiro atoms. The van der Waals surface area contributed by atoms with Crippen LogP contribution in [0.15, 0.2) is 29.2 Å². The van der Waals surface area contributed by atoms with Crippen molar-refractivity contribution in [2.24, 2.45) is 5.92 Å². The van der Waals surface area contributed by atoms with Crippen LogP contribution in [0.5, 0.6) is 0 Å². The van der Waals surface area contributed by atoms with E-state index in [1.54, 1.807) is 0 Å². The smallest absolute Gasteiger partial charge is 0.182 e. The molecular weight excluding hydrogens is 342 g/mol. The normalized spacial score (nSPS) is 16.2. The summed E-state index contributed by atoms with van der Waals surface area (Å²) in [5, 5.41) is 0. The van der Waals surface area contributed by atoms with Crippen molar-refractivity contribution in [3.63, 3.8) is 0 Å². The molecule has 0 atom stereocenters. The van der Waals surface area contributed by atoms with Crippen LogP contribution in [-0.2, 0) is 4.74 Å². The first-order chi connectivity index (χ1) is 12.5. The molecule has 1 aromatic carbocycles. The zero-order valence-electron chi connectivity index (χ0n) is 16.9. The number of morpholine rings is 1. The molecule has 0 amide bonds. The van der Waals surface area contributed by atoms with E-state index in [-0.39, 0.29) is 5.78 Å². The number of thioether (sulfide) groups is 1. The lowest BCUT2D eigenvalue weighted by Gasteiger charge is -2.39. The second-order valence-electron chi connectivity index (χ2n) is 7.77. The molecular formula is C22H35NO2S. The maximum absolute atomic E-state index is 13.0. The number of nitrogens with zero attached hydrogens (tertiary/aromatic N) is 1. The number of carbonyl (C=O) groups is 1. The summed E-state index contributed by atoms with van der Waals surface area (Å²) in [6.07, 6.45) is 5.14. The Labute approximate surface area is 163 Å². The molecule has 1 aliphatic heterocycles. The first-order valence-corrected chi connectivity index (χ1v) is 11.1. The third-order valence-corrected chi connectivity index (χ3v) is 6.60. The fourth-order valence-corrected chi connectivity index (χ4v) is 4.75. The number of rotatable bonds is 10. The van der Waals surface area contributed by atoms with Crippen molar-refractivity contribution in [3.05, 3.63) is 29.8 Å². The van der Waals surface area contributed by atoms with E-state index in [9.17, 15) is 4.79 Å². The molecule has 26 heavy (non-hydrogen) atoms. The van der Waals surface area contributed by atoms with Gasteiger partial charge in [-0.2, -0.15) is 0 Å². The molecule has 0 unspecified atom stereocenters. The molecule has 146 valence electrons. The van der Waals surface area contributed by atoms with E-state index in [1.165, 1.54) is 36.3 Å². The molecule has 1 aliphatic rings. The SMILES string of the molecule is CCCC(CCC)CSc1ccc(C(=O)C(C)(C)N2CCOCC2)cc1. The molecule has 0 N–H and O–H groups in total. The van der Waals surface area contributed by atoms with Crippen LogP contribution >= 0.6 is 11.8 Å². The maximum atomic E-state index is 13.0. The van der Waals surface area contributed by atoms with Crippen molar-refractivity contribution in [1.29, 1.82) is 0 Å². The van der Waals surface area contributed by atoms with Gasteiger partial charge in [0.05, 0.1) is 18.8 Å². The van der Waals surface area contributed by atoms with Crippen molar-refractivity contribution in [2.75, 3.05) is 32.1 Å². The Bertz CT molecular complexity index is 544. The average Bonchev–Trinajstić information content (AvgIpc) is 2.67. The monoisotopic (exact) mass is 377 g/mol. The maximum Gasteiger partial charge on any atom is 0.182 e. The predicted molar refractivity (Wildman–Crippen MR) is 111 cm³/mol. The highest BCUT2D eigenvalue weighted by atomic mass is 32.2. The molecule has 1 saturated heterocycles. The first kappa shape index (κ1) is 21.5. The molecule has 1 heterocycles. The van der Waals surface area contributed by atoms with E-state index in [4.69, 9.17) is 4.74 Å². The highest BCUT2D eigenvalue weighted by Gasteiger charge is 2.35. The zero-order chi connectivity index (χ0) is 19.0. The molecule has 0 saturated carbocycles. The Morgan fingerprint density at radius 3 is 2.23 bits per heavy atom. The van der Waals surface area contributed by atoms with Gasteiger partial charge < -0.3 is 4.74 Å². The van der Waals surface area contributed by atoms with E-state index < -0.39 is 5.54 Å². The van der Waals surface area contributed by atoms with Crippen molar-refractivity contribution < 1.29 is 9.53 Å². The lowest BCUT2D eigenvalue weighted by Crippen LogP contribution is -2.54. The summed E-state index contributed by atoms with van der Waals surface area (Å²) in [4.78, 5) is 16.5. The van der Waals surface area contributed by atoms with Crippen LogP contribution < -0.4 is 0 Å². The van der Waals surface area contributed by atoms with Crippen LogP contribution in [0.2, 0.25) is 0 Å². The van der Waals surface area contributed by atoms with Gasteiger partial charge in [-0.3, -0.25) is 9.69 Å². The standard InChI is InChI=1S/C22H35NO2S/c1-5-7-18(8-6-2)17-26-20-11-9-19(10-12-20)21(24)22(3,4)23-13-15-25-16-14-23/h9-12,18H,5-8,13-17H2,1-4H3. The number of ether oxygens (including phenoxy) is 1. The van der Waals surface area contributed by atoms with Crippen molar-refractivity contribution in [3.8, 4) is 0 Å². The lowest BCUT2D eigenvalue weighted by molar-refractivity contribution is -0.00430. The van der Waals surface area contributed by atoms with Crippen LogP contribution in [0, 0.1) is 5.92 Å². The van der Waals surface area contributed by atoms with Gasteiger partial charge in [0, 0.05) is 29.3 Å². The summed E-state index contributed by atoms with van der Waals surface area (Å²) in [5.74, 6) is 2.18. The van der Waals surface area contributed by atoms with Crippen LogP contribution in [0.4, 0.5) is 0 Å². The zero-order valence-corrected chi connectivity index (χ0v) is 17.7. The minimum absolute atomic E-state index is 0.200. The predicted octanol–water partition coefficient (Wildman–Crippen LogP) is 5.29. The molecule has 1 aromatic rings. The quantitative estimate of drug-likeness (QED) is 0.409. The third kappa shape index (κ3) is 5.83. The molecule has 0 aromatic heterocycles. The molecule has 1 fully saturated rings. The van der Waals surface area contributed by atoms with Gasteiger partial charge in [0.25, 0.3) is 0 Å². The molecule has 3 nitrogen and oxygen atoms in total. The topological polar surface area (TPSA) is 29.5 Å². The van der Waals surface area contributed by atoms with Crippen LogP contribution in [0.3, 0.4) is 0 Å². The second kappa shape index (κ2) is 10.5. The summed E-state index contributed by atoms with van der Waals surface area (Å²) in [6, 6.07) is 8.23. The molecule has 0 bridgehead atoms. The molecule has 2 rings (SSSR count). The van der Waals surface area contributed by atoms with Crippen molar-refractivity contribution >= 4 is 17.5 Å². The molecule has 4 heteroatoms. The van der Waals surface area contributed by atoms with Gasteiger partial charge in [0.2, 0.25) is 0 Å². The highest BCUT2D eigenvalue weighted by Crippen LogP contribution is 2.27. The van der Waals surface area contributed by atoms with Crippen LogP contribution in [0.1, 0.15) is 63.7 Å². The molecule has 0 aliphatic carbocycles. The Balaban J connectivity index is 1.96. The number of carbonyl (C=O) groups excluding carboxylic acids is 1. The number of Topliss-reactive ketones (excluding diaryl/α,β-unsaturated/α-hetero) is 1. The van der Waals surface area contributed by atoms with Crippen LogP contribution in [0.25, 0.3) is 0 Å². The lowest BCUT2D eigenvalue weighted by atomic mass is 9.91. The van der Waals surface area contributed by atoms with E-state index in [0.717, 1.165) is 24.6 Å². The minimum Gasteiger partial charge on any atom is -0.379 e. The highest BCUT2D eigenvalue weighted by molar-refractivity contribution is 7.99. The van der Waals surface area contributed by atoms with Crippen LogP contribution in [-0.4, -0.2) is 48.3 Å².